The number of anilines is 1. The normalized spacial score (nSPS) is 11.1. The van der Waals surface area contributed by atoms with Gasteiger partial charge in [0.2, 0.25) is 5.82 Å². The Balaban J connectivity index is 2.34. The van der Waals surface area contributed by atoms with E-state index in [2.05, 4.69) is 15.4 Å². The van der Waals surface area contributed by atoms with Gasteiger partial charge in [0.15, 0.2) is 0 Å². The zero-order valence-corrected chi connectivity index (χ0v) is 12.0. The molecule has 8 nitrogen and oxygen atoms in total. The summed E-state index contributed by atoms with van der Waals surface area (Å²) >= 11 is 0. The minimum atomic E-state index is -0.401. The molecule has 108 valence electrons. The molecular weight excluding hydrogens is 260 g/mol. The Labute approximate surface area is 116 Å². The quantitative estimate of drug-likeness (QED) is 0.667. The number of hydrogen-bond acceptors (Lipinski definition) is 5. The van der Waals surface area contributed by atoms with Gasteiger partial charge in [-0.3, -0.25) is 10.1 Å². The van der Waals surface area contributed by atoms with E-state index in [4.69, 9.17) is 0 Å². The Kier molecular flexibility index (Phi) is 3.73. The zero-order valence-electron chi connectivity index (χ0n) is 12.0. The van der Waals surface area contributed by atoms with Crippen molar-refractivity contribution in [2.45, 2.75) is 33.4 Å². The zero-order chi connectivity index (χ0) is 14.9. The van der Waals surface area contributed by atoms with Gasteiger partial charge in [0.1, 0.15) is 11.5 Å². The molecule has 0 atom stereocenters. The van der Waals surface area contributed by atoms with Crippen LogP contribution in [0.25, 0.3) is 0 Å². The van der Waals surface area contributed by atoms with E-state index in [-0.39, 0.29) is 11.7 Å². The first-order valence-electron chi connectivity index (χ1n) is 6.35. The number of nitrogens with zero attached hydrogens (tertiary/aromatic N) is 5. The fraction of sp³-hybridized carbons (Fsp3) is 0.500. The number of rotatable bonds is 5. The fourth-order valence-electron chi connectivity index (χ4n) is 2.03. The van der Waals surface area contributed by atoms with Gasteiger partial charge >= 0.3 is 5.69 Å². The van der Waals surface area contributed by atoms with Gasteiger partial charge < -0.3 is 9.88 Å². The Morgan fingerprint density at radius 1 is 1.50 bits per heavy atom. The van der Waals surface area contributed by atoms with Crippen molar-refractivity contribution in [3.8, 4) is 0 Å². The van der Waals surface area contributed by atoms with Crippen LogP contribution in [0.3, 0.4) is 0 Å². The molecule has 2 heterocycles. The molecule has 8 heteroatoms. The van der Waals surface area contributed by atoms with Gasteiger partial charge in [0.25, 0.3) is 0 Å². The molecule has 0 unspecified atom stereocenters. The maximum atomic E-state index is 11.2. The average Bonchev–Trinajstić information content (AvgIpc) is 2.90. The third-order valence-corrected chi connectivity index (χ3v) is 3.06. The second kappa shape index (κ2) is 5.32. The van der Waals surface area contributed by atoms with Crippen LogP contribution in [0.4, 0.5) is 11.5 Å². The highest BCUT2D eigenvalue weighted by atomic mass is 16.6. The maximum absolute atomic E-state index is 11.2. The Hall–Kier alpha value is -2.38. The minimum absolute atomic E-state index is 0.0212. The first-order valence-corrected chi connectivity index (χ1v) is 6.35. The van der Waals surface area contributed by atoms with Crippen LogP contribution in [0.15, 0.2) is 12.4 Å². The summed E-state index contributed by atoms with van der Waals surface area (Å²) in [4.78, 5) is 15.0. The van der Waals surface area contributed by atoms with Crippen molar-refractivity contribution in [1.82, 2.24) is 19.3 Å². The second-order valence-electron chi connectivity index (χ2n) is 4.89. The Bertz CT molecular complexity index is 628. The molecule has 0 aliphatic heterocycles. The third kappa shape index (κ3) is 2.49. The summed E-state index contributed by atoms with van der Waals surface area (Å²) in [6.07, 6.45) is 3.52. The summed E-state index contributed by atoms with van der Waals surface area (Å²) in [6, 6.07) is 0.0336. The molecule has 0 radical (unpaired) electrons. The van der Waals surface area contributed by atoms with Gasteiger partial charge in [-0.25, -0.2) is 9.67 Å². The highest BCUT2D eigenvalue weighted by Crippen LogP contribution is 2.30. The van der Waals surface area contributed by atoms with Gasteiger partial charge in [-0.2, -0.15) is 5.10 Å². The second-order valence-corrected chi connectivity index (χ2v) is 4.89. The largest absolute Gasteiger partial charge is 0.357 e. The summed E-state index contributed by atoms with van der Waals surface area (Å²) in [7, 11) is 1.88. The molecule has 0 saturated heterocycles. The lowest BCUT2D eigenvalue weighted by atomic mass is 10.3. The lowest BCUT2D eigenvalue weighted by Crippen LogP contribution is -2.12. The van der Waals surface area contributed by atoms with Crippen molar-refractivity contribution in [3.63, 3.8) is 0 Å². The number of hydrogen-bond donors (Lipinski definition) is 1. The van der Waals surface area contributed by atoms with Crippen LogP contribution in [0, 0.1) is 17.0 Å². The van der Waals surface area contributed by atoms with Gasteiger partial charge in [0, 0.05) is 25.5 Å². The fourth-order valence-corrected chi connectivity index (χ4v) is 2.03. The number of imidazole rings is 1. The summed E-state index contributed by atoms with van der Waals surface area (Å²) in [5.41, 5.74) is 0.430. The third-order valence-electron chi connectivity index (χ3n) is 3.06. The molecule has 0 aliphatic rings. The Morgan fingerprint density at radius 3 is 2.70 bits per heavy atom. The molecular formula is C12H18N6O2. The van der Waals surface area contributed by atoms with Crippen molar-refractivity contribution in [3.05, 3.63) is 34.0 Å². The molecule has 0 bridgehead atoms. The van der Waals surface area contributed by atoms with Crippen molar-refractivity contribution in [2.75, 3.05) is 5.32 Å². The van der Waals surface area contributed by atoms with E-state index < -0.39 is 4.92 Å². The SMILES string of the molecule is Cc1nn(C(C)C)c(NCc2nccn2C)c1[N+](=O)[O-]. The van der Waals surface area contributed by atoms with Crippen LogP contribution < -0.4 is 5.32 Å². The minimum Gasteiger partial charge on any atom is -0.357 e. The standard InChI is InChI=1S/C12H18N6O2/c1-8(2)17-12(11(18(19)20)9(3)15-17)14-7-10-13-5-6-16(10)4/h5-6,8,14H,7H2,1-4H3. The molecule has 2 aromatic rings. The van der Waals surface area contributed by atoms with Crippen LogP contribution in [-0.4, -0.2) is 24.3 Å². The summed E-state index contributed by atoms with van der Waals surface area (Å²) in [5, 5.41) is 18.5. The summed E-state index contributed by atoms with van der Waals surface area (Å²) < 4.78 is 3.50. The molecule has 0 aliphatic carbocycles. The van der Waals surface area contributed by atoms with E-state index in [9.17, 15) is 10.1 Å². The molecule has 2 aromatic heterocycles. The smallest absolute Gasteiger partial charge is 0.333 e. The van der Waals surface area contributed by atoms with E-state index in [0.29, 0.717) is 18.1 Å². The predicted octanol–water partition coefficient (Wildman–Crippen LogP) is 2.03. The van der Waals surface area contributed by atoms with Gasteiger partial charge in [0.05, 0.1) is 11.5 Å². The first-order chi connectivity index (χ1) is 9.41. The van der Waals surface area contributed by atoms with Gasteiger partial charge in [-0.05, 0) is 20.8 Å². The lowest BCUT2D eigenvalue weighted by molar-refractivity contribution is -0.384. The predicted molar refractivity (Wildman–Crippen MR) is 74.5 cm³/mol. The highest BCUT2D eigenvalue weighted by molar-refractivity contribution is 5.59. The number of aromatic nitrogens is 4. The molecule has 0 amide bonds. The lowest BCUT2D eigenvalue weighted by Gasteiger charge is -2.11. The first kappa shape index (κ1) is 14.0. The van der Waals surface area contributed by atoms with Crippen LogP contribution in [0.1, 0.15) is 31.4 Å². The van der Waals surface area contributed by atoms with E-state index in [1.54, 1.807) is 17.8 Å². The van der Waals surface area contributed by atoms with Crippen molar-refractivity contribution >= 4 is 11.5 Å². The summed E-state index contributed by atoms with van der Waals surface area (Å²) in [6.45, 7) is 5.91. The number of nitro groups is 1. The van der Waals surface area contributed by atoms with Crippen molar-refractivity contribution < 1.29 is 4.92 Å². The van der Waals surface area contributed by atoms with Crippen molar-refractivity contribution in [1.29, 1.82) is 0 Å². The van der Waals surface area contributed by atoms with Crippen LogP contribution in [-0.2, 0) is 13.6 Å². The molecule has 0 spiro atoms. The summed E-state index contributed by atoms with van der Waals surface area (Å²) in [5.74, 6) is 1.22. The molecule has 0 fully saturated rings. The number of aryl methyl sites for hydroxylation is 2. The van der Waals surface area contributed by atoms with Gasteiger partial charge in [-0.1, -0.05) is 0 Å². The van der Waals surface area contributed by atoms with Crippen LogP contribution in [0.5, 0.6) is 0 Å². The van der Waals surface area contributed by atoms with E-state index in [1.165, 1.54) is 0 Å². The highest BCUT2D eigenvalue weighted by Gasteiger charge is 2.26. The monoisotopic (exact) mass is 278 g/mol. The van der Waals surface area contributed by atoms with E-state index >= 15 is 0 Å². The van der Waals surface area contributed by atoms with E-state index in [0.717, 1.165) is 5.82 Å². The maximum Gasteiger partial charge on any atom is 0.333 e. The Morgan fingerprint density at radius 2 is 2.20 bits per heavy atom. The molecule has 2 rings (SSSR count). The average molecular weight is 278 g/mol. The number of nitrogens with one attached hydrogen (secondary N) is 1. The van der Waals surface area contributed by atoms with E-state index in [1.807, 2.05) is 31.7 Å². The van der Waals surface area contributed by atoms with Gasteiger partial charge in [-0.15, -0.1) is 0 Å². The molecule has 0 saturated carbocycles. The van der Waals surface area contributed by atoms with Crippen molar-refractivity contribution in [2.24, 2.45) is 7.05 Å². The van der Waals surface area contributed by atoms with Crippen LogP contribution in [0.2, 0.25) is 0 Å². The molecule has 20 heavy (non-hydrogen) atoms. The molecule has 1 N–H and O–H groups in total. The molecule has 0 aromatic carbocycles. The van der Waals surface area contributed by atoms with Crippen LogP contribution >= 0.6 is 0 Å². The topological polar surface area (TPSA) is 90.8 Å².